The van der Waals surface area contributed by atoms with Crippen molar-refractivity contribution in [2.45, 2.75) is 32.4 Å². The number of carbonyl (C=O) groups is 3. The average molecular weight is 337 g/mol. The molecular formula is C15H19N3O4S. The van der Waals surface area contributed by atoms with Crippen molar-refractivity contribution in [2.75, 3.05) is 11.6 Å². The number of nitrogens with one attached hydrogen (secondary N) is 1. The predicted molar refractivity (Wildman–Crippen MR) is 86.4 cm³/mol. The molecule has 2 heterocycles. The van der Waals surface area contributed by atoms with Gasteiger partial charge in [0.1, 0.15) is 17.4 Å². The van der Waals surface area contributed by atoms with E-state index in [1.807, 2.05) is 13.8 Å². The first-order valence-electron chi connectivity index (χ1n) is 7.33. The first-order chi connectivity index (χ1) is 10.9. The van der Waals surface area contributed by atoms with Gasteiger partial charge in [-0.25, -0.2) is 9.78 Å². The lowest BCUT2D eigenvalue weighted by Crippen LogP contribution is -2.49. The molecule has 0 saturated carbocycles. The Morgan fingerprint density at radius 2 is 2.13 bits per heavy atom. The van der Waals surface area contributed by atoms with Crippen molar-refractivity contribution >= 4 is 29.5 Å². The molecule has 0 spiro atoms. The number of rotatable bonds is 5. The van der Waals surface area contributed by atoms with Gasteiger partial charge in [-0.2, -0.15) is 0 Å². The van der Waals surface area contributed by atoms with Crippen molar-refractivity contribution in [2.24, 2.45) is 0 Å². The Bertz CT molecular complexity index is 622. The second-order valence-corrected chi connectivity index (χ2v) is 6.32. The summed E-state index contributed by atoms with van der Waals surface area (Å²) in [7, 11) is 0. The van der Waals surface area contributed by atoms with Crippen LogP contribution in [-0.2, 0) is 4.79 Å². The predicted octanol–water partition coefficient (Wildman–Crippen LogP) is 1.21. The van der Waals surface area contributed by atoms with E-state index in [1.54, 1.807) is 0 Å². The molecule has 1 aromatic rings. The number of hydrogen-bond donors (Lipinski definition) is 2. The fourth-order valence-electron chi connectivity index (χ4n) is 2.12. The van der Waals surface area contributed by atoms with Crippen molar-refractivity contribution in [1.29, 1.82) is 0 Å². The second-order valence-electron chi connectivity index (χ2n) is 5.32. The van der Waals surface area contributed by atoms with Crippen LogP contribution in [0.25, 0.3) is 0 Å². The molecule has 8 heteroatoms. The summed E-state index contributed by atoms with van der Waals surface area (Å²) in [6.45, 7) is 3.88. The van der Waals surface area contributed by atoms with E-state index in [9.17, 15) is 14.4 Å². The monoisotopic (exact) mass is 337 g/mol. The number of thioether (sulfide) groups is 1. The summed E-state index contributed by atoms with van der Waals surface area (Å²) in [5.74, 6) is -0.903. The number of hydrogen-bond acceptors (Lipinski definition) is 5. The highest BCUT2D eigenvalue weighted by atomic mass is 32.2. The molecule has 2 amide bonds. The van der Waals surface area contributed by atoms with Gasteiger partial charge >= 0.3 is 5.97 Å². The van der Waals surface area contributed by atoms with E-state index in [1.165, 1.54) is 34.9 Å². The minimum Gasteiger partial charge on any atom is -0.477 e. The third-order valence-corrected chi connectivity index (χ3v) is 4.65. The van der Waals surface area contributed by atoms with Crippen molar-refractivity contribution in [3.05, 3.63) is 29.6 Å². The van der Waals surface area contributed by atoms with Gasteiger partial charge in [-0.15, -0.1) is 11.8 Å². The molecule has 1 fully saturated rings. The van der Waals surface area contributed by atoms with Crippen molar-refractivity contribution < 1.29 is 19.5 Å². The minimum atomic E-state index is -1.19. The van der Waals surface area contributed by atoms with Crippen LogP contribution >= 0.6 is 11.8 Å². The summed E-state index contributed by atoms with van der Waals surface area (Å²) < 4.78 is 0. The molecular weight excluding hydrogens is 318 g/mol. The summed E-state index contributed by atoms with van der Waals surface area (Å²) in [4.78, 5) is 41.1. The van der Waals surface area contributed by atoms with E-state index in [0.717, 1.165) is 6.42 Å². The quantitative estimate of drug-likeness (QED) is 0.838. The fraction of sp³-hybridized carbons (Fsp3) is 0.467. The maximum atomic E-state index is 12.6. The van der Waals surface area contributed by atoms with Crippen molar-refractivity contribution in [3.8, 4) is 0 Å². The molecule has 1 aromatic heterocycles. The van der Waals surface area contributed by atoms with E-state index < -0.39 is 17.9 Å². The summed E-state index contributed by atoms with van der Waals surface area (Å²) in [6.07, 6.45) is 0.807. The third-order valence-electron chi connectivity index (χ3n) is 3.63. The SMILES string of the molecule is CCC(C)NC(=O)C1CSCN1C(=O)c1cccc(C(=O)O)n1. The highest BCUT2D eigenvalue weighted by molar-refractivity contribution is 7.99. The Labute approximate surface area is 138 Å². The number of nitrogens with zero attached hydrogens (tertiary/aromatic N) is 2. The molecule has 1 aliphatic heterocycles. The van der Waals surface area contributed by atoms with Gasteiger partial charge in [0, 0.05) is 11.8 Å². The minimum absolute atomic E-state index is 0.0359. The third kappa shape index (κ3) is 4.01. The van der Waals surface area contributed by atoms with Gasteiger partial charge in [0.2, 0.25) is 5.91 Å². The molecule has 2 atom stereocenters. The van der Waals surface area contributed by atoms with Crippen LogP contribution in [0, 0.1) is 0 Å². The van der Waals surface area contributed by atoms with Gasteiger partial charge in [-0.05, 0) is 25.5 Å². The molecule has 0 bridgehead atoms. The van der Waals surface area contributed by atoms with E-state index in [0.29, 0.717) is 11.6 Å². The number of carboxylic acids is 1. The Balaban J connectivity index is 2.16. The molecule has 124 valence electrons. The van der Waals surface area contributed by atoms with Crippen LogP contribution in [0.4, 0.5) is 0 Å². The molecule has 2 rings (SSSR count). The van der Waals surface area contributed by atoms with E-state index >= 15 is 0 Å². The van der Waals surface area contributed by atoms with Crippen LogP contribution in [-0.4, -0.2) is 56.5 Å². The Morgan fingerprint density at radius 1 is 1.43 bits per heavy atom. The normalized spacial score (nSPS) is 18.5. The molecule has 23 heavy (non-hydrogen) atoms. The topological polar surface area (TPSA) is 99.6 Å². The van der Waals surface area contributed by atoms with Gasteiger partial charge < -0.3 is 15.3 Å². The zero-order valence-corrected chi connectivity index (χ0v) is 13.8. The summed E-state index contributed by atoms with van der Waals surface area (Å²) in [5.41, 5.74) is -0.156. The molecule has 1 aliphatic rings. The summed E-state index contributed by atoms with van der Waals surface area (Å²) >= 11 is 1.49. The average Bonchev–Trinajstić information content (AvgIpc) is 3.03. The molecule has 1 saturated heterocycles. The van der Waals surface area contributed by atoms with Crippen LogP contribution in [0.15, 0.2) is 18.2 Å². The zero-order valence-electron chi connectivity index (χ0n) is 13.0. The van der Waals surface area contributed by atoms with E-state index in [2.05, 4.69) is 10.3 Å². The smallest absolute Gasteiger partial charge is 0.354 e. The maximum Gasteiger partial charge on any atom is 0.354 e. The van der Waals surface area contributed by atoms with Crippen LogP contribution in [0.5, 0.6) is 0 Å². The van der Waals surface area contributed by atoms with Crippen molar-refractivity contribution in [1.82, 2.24) is 15.2 Å². The number of aromatic nitrogens is 1. The second kappa shape index (κ2) is 7.45. The van der Waals surface area contributed by atoms with Crippen molar-refractivity contribution in [3.63, 3.8) is 0 Å². The molecule has 2 N–H and O–H groups in total. The largest absolute Gasteiger partial charge is 0.477 e. The molecule has 0 aliphatic carbocycles. The lowest BCUT2D eigenvalue weighted by Gasteiger charge is -2.24. The summed E-state index contributed by atoms with van der Waals surface area (Å²) in [6, 6.07) is 3.74. The zero-order chi connectivity index (χ0) is 17.0. The first kappa shape index (κ1) is 17.3. The van der Waals surface area contributed by atoms with Crippen LogP contribution < -0.4 is 5.32 Å². The van der Waals surface area contributed by atoms with Crippen LogP contribution in [0.1, 0.15) is 41.2 Å². The lowest BCUT2D eigenvalue weighted by atomic mass is 10.2. The summed E-state index contributed by atoms with van der Waals surface area (Å²) in [5, 5.41) is 11.8. The lowest BCUT2D eigenvalue weighted by molar-refractivity contribution is -0.125. The molecule has 0 radical (unpaired) electrons. The standard InChI is InChI=1S/C15H19N3O4S/c1-3-9(2)16-13(19)12-7-23-8-18(12)14(20)10-5-4-6-11(17-10)15(21)22/h4-6,9,12H,3,7-8H2,1-2H3,(H,16,19)(H,21,22). The number of amides is 2. The molecule has 7 nitrogen and oxygen atoms in total. The Morgan fingerprint density at radius 3 is 2.78 bits per heavy atom. The number of aromatic carboxylic acids is 1. The van der Waals surface area contributed by atoms with E-state index in [4.69, 9.17) is 5.11 Å². The van der Waals surface area contributed by atoms with Gasteiger partial charge in [0.25, 0.3) is 5.91 Å². The van der Waals surface area contributed by atoms with Crippen LogP contribution in [0.3, 0.4) is 0 Å². The maximum absolute atomic E-state index is 12.6. The Hall–Kier alpha value is -2.09. The van der Waals surface area contributed by atoms with E-state index in [-0.39, 0.29) is 23.3 Å². The van der Waals surface area contributed by atoms with Gasteiger partial charge in [-0.3, -0.25) is 9.59 Å². The number of carbonyl (C=O) groups excluding carboxylic acids is 2. The number of pyridine rings is 1. The molecule has 2 unspecified atom stereocenters. The van der Waals surface area contributed by atoms with Gasteiger partial charge in [-0.1, -0.05) is 13.0 Å². The highest BCUT2D eigenvalue weighted by Gasteiger charge is 2.36. The van der Waals surface area contributed by atoms with Crippen LogP contribution in [0.2, 0.25) is 0 Å². The Kier molecular flexibility index (Phi) is 5.59. The van der Waals surface area contributed by atoms with Gasteiger partial charge in [0.15, 0.2) is 0 Å². The fourth-order valence-corrected chi connectivity index (χ4v) is 3.28. The highest BCUT2D eigenvalue weighted by Crippen LogP contribution is 2.23. The van der Waals surface area contributed by atoms with Gasteiger partial charge in [0.05, 0.1) is 5.88 Å². The molecule has 0 aromatic carbocycles. The number of carboxylic acid groups (broad SMARTS) is 1. The first-order valence-corrected chi connectivity index (χ1v) is 8.49.